The number of ether oxygens (including phenoxy) is 2. The Balaban J connectivity index is 0.000000488. The van der Waals surface area contributed by atoms with Crippen molar-refractivity contribution in [2.75, 3.05) is 13.2 Å². The molecule has 2 rings (SSSR count). The van der Waals surface area contributed by atoms with Gasteiger partial charge in [0.25, 0.3) is 0 Å². The molecule has 2 amide bonds. The third-order valence-electron chi connectivity index (χ3n) is 3.74. The van der Waals surface area contributed by atoms with E-state index in [9.17, 15) is 14.4 Å². The number of allylic oxidation sites excluding steroid dienone is 1. The largest absolute Gasteiger partial charge is 0.443 e. The second kappa shape index (κ2) is 8.97. The Morgan fingerprint density at radius 1 is 1.33 bits per heavy atom. The summed E-state index contributed by atoms with van der Waals surface area (Å²) in [5, 5.41) is 0. The fourth-order valence-electron chi connectivity index (χ4n) is 2.61. The average molecular weight is 339 g/mol. The van der Waals surface area contributed by atoms with Gasteiger partial charge in [-0.05, 0) is 53.4 Å². The van der Waals surface area contributed by atoms with Crippen molar-refractivity contribution >= 4 is 17.8 Å². The summed E-state index contributed by atoms with van der Waals surface area (Å²) in [6.45, 7) is 12.1. The Hall–Kier alpha value is -1.69. The highest BCUT2D eigenvalue weighted by Gasteiger charge is 2.46. The van der Waals surface area contributed by atoms with E-state index in [1.165, 1.54) is 19.8 Å². The summed E-state index contributed by atoms with van der Waals surface area (Å²) >= 11 is 0. The molecule has 0 N–H and O–H groups in total. The number of Topliss-reactive ketones (excluding diaryl/α,β-unsaturated/α-hetero) is 1. The fraction of sp³-hybridized carbons (Fsp3) is 0.722. The van der Waals surface area contributed by atoms with E-state index in [1.54, 1.807) is 26.8 Å². The Bertz CT molecular complexity index is 469. The predicted octanol–water partition coefficient (Wildman–Crippen LogP) is 3.10. The molecule has 2 aliphatic heterocycles. The number of ketones is 1. The Morgan fingerprint density at radius 3 is 2.29 bits per heavy atom. The van der Waals surface area contributed by atoms with Crippen LogP contribution in [0.1, 0.15) is 53.4 Å². The maximum absolute atomic E-state index is 12.2. The second-order valence-corrected chi connectivity index (χ2v) is 7.09. The lowest BCUT2D eigenvalue weighted by Crippen LogP contribution is -2.45. The fourth-order valence-corrected chi connectivity index (χ4v) is 2.61. The van der Waals surface area contributed by atoms with E-state index in [-0.39, 0.29) is 17.6 Å². The Kier molecular flexibility index (Phi) is 7.60. The summed E-state index contributed by atoms with van der Waals surface area (Å²) in [6, 6.07) is -0.715. The third kappa shape index (κ3) is 6.07. The van der Waals surface area contributed by atoms with Gasteiger partial charge >= 0.3 is 6.09 Å². The quantitative estimate of drug-likeness (QED) is 0.739. The zero-order valence-corrected chi connectivity index (χ0v) is 15.2. The molecular formula is C18H29NO5. The van der Waals surface area contributed by atoms with E-state index in [0.717, 1.165) is 18.1 Å². The lowest BCUT2D eigenvalue weighted by molar-refractivity contribution is -0.134. The normalized spacial score (nSPS) is 23.5. The summed E-state index contributed by atoms with van der Waals surface area (Å²) in [4.78, 5) is 36.8. The molecule has 136 valence electrons. The van der Waals surface area contributed by atoms with Crippen molar-refractivity contribution in [3.63, 3.8) is 0 Å². The van der Waals surface area contributed by atoms with E-state index in [1.807, 2.05) is 0 Å². The number of rotatable bonds is 3. The molecule has 0 bridgehead atoms. The minimum atomic E-state index is -0.746. The lowest BCUT2D eigenvalue weighted by Gasteiger charge is -2.26. The van der Waals surface area contributed by atoms with E-state index < -0.39 is 17.7 Å². The van der Waals surface area contributed by atoms with E-state index in [0.29, 0.717) is 12.8 Å². The molecule has 0 aromatic heterocycles. The molecule has 0 spiro atoms. The van der Waals surface area contributed by atoms with E-state index in [4.69, 9.17) is 9.47 Å². The second-order valence-electron chi connectivity index (χ2n) is 7.09. The third-order valence-corrected chi connectivity index (χ3v) is 3.74. The number of carbonyl (C=O) groups is 3. The number of imide groups is 1. The summed E-state index contributed by atoms with van der Waals surface area (Å²) in [5.41, 5.74) is -0.699. The highest BCUT2D eigenvalue weighted by atomic mass is 16.6. The first-order valence-corrected chi connectivity index (χ1v) is 8.42. The first-order valence-electron chi connectivity index (χ1n) is 8.42. The van der Waals surface area contributed by atoms with Crippen LogP contribution in [0.5, 0.6) is 0 Å². The molecule has 0 aliphatic carbocycles. The zero-order valence-electron chi connectivity index (χ0n) is 15.2. The van der Waals surface area contributed by atoms with Gasteiger partial charge in [0.2, 0.25) is 5.91 Å². The van der Waals surface area contributed by atoms with Gasteiger partial charge in [-0.1, -0.05) is 6.08 Å². The zero-order chi connectivity index (χ0) is 18.3. The lowest BCUT2D eigenvalue weighted by atomic mass is 10.00. The number of hydrogen-bond donors (Lipinski definition) is 0. The van der Waals surface area contributed by atoms with Crippen LogP contribution in [0.4, 0.5) is 4.79 Å². The number of nitrogens with zero attached hydrogens (tertiary/aromatic N) is 1. The average Bonchev–Trinajstić information content (AvgIpc) is 3.10. The van der Waals surface area contributed by atoms with Crippen LogP contribution in [-0.4, -0.2) is 47.5 Å². The highest BCUT2D eigenvalue weighted by Crippen LogP contribution is 2.29. The molecule has 6 nitrogen and oxygen atoms in total. The molecule has 2 aliphatic rings. The number of hydrogen-bond acceptors (Lipinski definition) is 5. The van der Waals surface area contributed by atoms with Gasteiger partial charge in [0, 0.05) is 19.1 Å². The minimum absolute atomic E-state index is 0.203. The van der Waals surface area contributed by atoms with Crippen LogP contribution < -0.4 is 0 Å². The van der Waals surface area contributed by atoms with Crippen LogP contribution >= 0.6 is 0 Å². The summed E-state index contributed by atoms with van der Waals surface area (Å²) < 4.78 is 10.1. The van der Waals surface area contributed by atoms with Gasteiger partial charge in [-0.2, -0.15) is 0 Å². The molecule has 0 radical (unpaired) electrons. The van der Waals surface area contributed by atoms with Gasteiger partial charge in [0.1, 0.15) is 11.6 Å². The Morgan fingerprint density at radius 2 is 1.92 bits per heavy atom. The van der Waals surface area contributed by atoms with Crippen molar-refractivity contribution in [1.82, 2.24) is 4.90 Å². The van der Waals surface area contributed by atoms with E-state index >= 15 is 0 Å². The number of amides is 2. The maximum atomic E-state index is 12.2. The standard InChI is InChI=1S/C14H21NO4.C4H8O/c1-6-7-10-8-11(9(2)16)15(12(10)17)13(18)19-14(3,4)5;1-2-4-5-3-1/h6,10-11H,1,7-8H2,2-5H3;1-4H2. The van der Waals surface area contributed by atoms with Gasteiger partial charge in [-0.25, -0.2) is 9.69 Å². The minimum Gasteiger partial charge on any atom is -0.443 e. The first kappa shape index (κ1) is 20.4. The smallest absolute Gasteiger partial charge is 0.417 e. The van der Waals surface area contributed by atoms with Crippen LogP contribution in [0.2, 0.25) is 0 Å². The molecule has 0 saturated carbocycles. The van der Waals surface area contributed by atoms with Crippen LogP contribution in [0.25, 0.3) is 0 Å². The van der Waals surface area contributed by atoms with Crippen molar-refractivity contribution in [3.8, 4) is 0 Å². The first-order chi connectivity index (χ1) is 11.2. The van der Waals surface area contributed by atoms with Crippen LogP contribution in [0.3, 0.4) is 0 Å². The molecule has 2 atom stereocenters. The van der Waals surface area contributed by atoms with Crippen molar-refractivity contribution in [2.24, 2.45) is 5.92 Å². The molecule has 2 saturated heterocycles. The molecule has 0 aromatic carbocycles. The maximum Gasteiger partial charge on any atom is 0.417 e. The number of likely N-dealkylation sites (tertiary alicyclic amines) is 1. The number of carbonyl (C=O) groups excluding carboxylic acids is 3. The molecule has 24 heavy (non-hydrogen) atoms. The predicted molar refractivity (Wildman–Crippen MR) is 90.5 cm³/mol. The summed E-state index contributed by atoms with van der Waals surface area (Å²) in [6.07, 6.45) is 4.24. The van der Waals surface area contributed by atoms with Crippen LogP contribution in [-0.2, 0) is 19.1 Å². The van der Waals surface area contributed by atoms with Gasteiger partial charge in [-0.3, -0.25) is 9.59 Å². The van der Waals surface area contributed by atoms with Gasteiger partial charge in [0.15, 0.2) is 5.78 Å². The topological polar surface area (TPSA) is 72.9 Å². The van der Waals surface area contributed by atoms with Crippen LogP contribution in [0, 0.1) is 5.92 Å². The molecule has 2 heterocycles. The van der Waals surface area contributed by atoms with Crippen molar-refractivity contribution in [2.45, 2.75) is 65.0 Å². The summed E-state index contributed by atoms with van der Waals surface area (Å²) in [5.74, 6) is -0.918. The molecule has 6 heteroatoms. The SMILES string of the molecule is C1CCOC1.C=CCC1CC(C(C)=O)N(C(=O)OC(C)(C)C)C1=O. The molecular weight excluding hydrogens is 310 g/mol. The van der Waals surface area contributed by atoms with Crippen LogP contribution in [0.15, 0.2) is 12.7 Å². The van der Waals surface area contributed by atoms with Crippen molar-refractivity contribution < 1.29 is 23.9 Å². The molecule has 0 aromatic rings. The van der Waals surface area contributed by atoms with Crippen molar-refractivity contribution in [3.05, 3.63) is 12.7 Å². The molecule has 2 fully saturated rings. The van der Waals surface area contributed by atoms with Gasteiger partial charge in [0.05, 0.1) is 0 Å². The van der Waals surface area contributed by atoms with Crippen molar-refractivity contribution in [1.29, 1.82) is 0 Å². The van der Waals surface area contributed by atoms with Gasteiger partial charge < -0.3 is 9.47 Å². The molecule has 2 unspecified atom stereocenters. The van der Waals surface area contributed by atoms with Gasteiger partial charge in [-0.15, -0.1) is 6.58 Å². The highest BCUT2D eigenvalue weighted by molar-refractivity contribution is 6.01. The summed E-state index contributed by atoms with van der Waals surface area (Å²) in [7, 11) is 0. The Labute approximate surface area is 144 Å². The van der Waals surface area contributed by atoms with E-state index in [2.05, 4.69) is 6.58 Å². The monoisotopic (exact) mass is 339 g/mol.